The number of carbonyl (C=O) groups excluding carboxylic acids is 1. The van der Waals surface area contributed by atoms with Crippen molar-refractivity contribution in [3.63, 3.8) is 0 Å². The lowest BCUT2D eigenvalue weighted by atomic mass is 10.1. The molecule has 0 saturated heterocycles. The maximum Gasteiger partial charge on any atom is 0.278 e. The number of anilines is 1. The van der Waals surface area contributed by atoms with Gasteiger partial charge in [0.2, 0.25) is 5.91 Å². The quantitative estimate of drug-likeness (QED) is 0.372. The molecular weight excluding hydrogens is 424 g/mol. The van der Waals surface area contributed by atoms with Gasteiger partial charge >= 0.3 is 0 Å². The summed E-state index contributed by atoms with van der Waals surface area (Å²) in [6, 6.07) is 11.8. The minimum absolute atomic E-state index is 0.123. The van der Waals surface area contributed by atoms with Gasteiger partial charge in [-0.05, 0) is 60.7 Å². The second-order valence-corrected chi connectivity index (χ2v) is 9.01. The van der Waals surface area contributed by atoms with Crippen LogP contribution >= 0.6 is 11.8 Å². The van der Waals surface area contributed by atoms with Crippen molar-refractivity contribution in [2.24, 2.45) is 14.1 Å². The van der Waals surface area contributed by atoms with Crippen LogP contribution in [0.2, 0.25) is 0 Å². The number of nitrogens with zero attached hydrogens (tertiary/aromatic N) is 3. The minimum Gasteiger partial charge on any atom is -0.497 e. The Labute approximate surface area is 189 Å². The number of thioether (sulfide) groups is 1. The van der Waals surface area contributed by atoms with Crippen LogP contribution in [0, 0.1) is 0 Å². The average molecular weight is 449 g/mol. The molecule has 1 N–H and O–H groups in total. The summed E-state index contributed by atoms with van der Waals surface area (Å²) in [5.74, 6) is 0.744. The summed E-state index contributed by atoms with van der Waals surface area (Å²) in [4.78, 5) is 30.4. The highest BCUT2D eigenvalue weighted by Crippen LogP contribution is 2.30. The van der Waals surface area contributed by atoms with Gasteiger partial charge in [-0.1, -0.05) is 17.8 Å². The van der Waals surface area contributed by atoms with Gasteiger partial charge in [0.25, 0.3) is 5.56 Å². The van der Waals surface area contributed by atoms with Gasteiger partial charge in [-0.3, -0.25) is 14.2 Å². The van der Waals surface area contributed by atoms with Crippen molar-refractivity contribution in [3.8, 4) is 5.75 Å². The Morgan fingerprint density at radius 3 is 2.75 bits per heavy atom. The van der Waals surface area contributed by atoms with Crippen LogP contribution < -0.4 is 15.6 Å². The van der Waals surface area contributed by atoms with E-state index in [1.54, 1.807) is 14.2 Å². The van der Waals surface area contributed by atoms with Crippen LogP contribution in [0.5, 0.6) is 5.75 Å². The first-order chi connectivity index (χ1) is 15.5. The number of amides is 1. The highest BCUT2D eigenvalue weighted by molar-refractivity contribution is 7.99. The number of fused-ring (bicyclic) bond motifs is 4. The van der Waals surface area contributed by atoms with Gasteiger partial charge in [-0.2, -0.15) is 0 Å². The number of carbonyl (C=O) groups is 1. The predicted molar refractivity (Wildman–Crippen MR) is 128 cm³/mol. The van der Waals surface area contributed by atoms with E-state index in [9.17, 15) is 9.59 Å². The zero-order chi connectivity index (χ0) is 22.4. The van der Waals surface area contributed by atoms with Crippen LogP contribution in [-0.2, 0) is 31.7 Å². The molecule has 0 radical (unpaired) electrons. The highest BCUT2D eigenvalue weighted by Gasteiger charge is 2.18. The number of nitrogens with one attached hydrogen (secondary N) is 1. The molecule has 0 bridgehead atoms. The lowest BCUT2D eigenvalue weighted by Crippen LogP contribution is -2.22. The smallest absolute Gasteiger partial charge is 0.278 e. The van der Waals surface area contributed by atoms with E-state index in [4.69, 9.17) is 9.72 Å². The summed E-state index contributed by atoms with van der Waals surface area (Å²) >= 11 is 1.26. The monoisotopic (exact) mass is 448 g/mol. The molecule has 0 spiro atoms. The molecule has 8 heteroatoms. The molecule has 0 unspecified atom stereocenters. The van der Waals surface area contributed by atoms with Gasteiger partial charge in [0.15, 0.2) is 5.16 Å². The van der Waals surface area contributed by atoms with Gasteiger partial charge in [0, 0.05) is 25.2 Å². The second kappa shape index (κ2) is 8.02. The Hall–Kier alpha value is -3.26. The van der Waals surface area contributed by atoms with E-state index in [1.807, 2.05) is 35.9 Å². The third-order valence-corrected chi connectivity index (χ3v) is 7.13. The molecule has 4 aromatic rings. The first-order valence-corrected chi connectivity index (χ1v) is 11.5. The average Bonchev–Trinajstić information content (AvgIpc) is 3.37. The Morgan fingerprint density at radius 1 is 1.12 bits per heavy atom. The number of hydrogen-bond donors (Lipinski definition) is 1. The SMILES string of the molecule is COc1ccc2c(c1)c1nc(SCC(=O)Nc3ccc4c(c3)CCC4)n(C)c(=O)c1n2C. The summed E-state index contributed by atoms with van der Waals surface area (Å²) in [6.45, 7) is 0. The molecule has 2 aromatic heterocycles. The predicted octanol–water partition coefficient (Wildman–Crippen LogP) is 3.65. The maximum absolute atomic E-state index is 13.1. The Balaban J connectivity index is 1.42. The van der Waals surface area contributed by atoms with Crippen molar-refractivity contribution < 1.29 is 9.53 Å². The molecule has 0 aliphatic heterocycles. The number of rotatable bonds is 5. The van der Waals surface area contributed by atoms with Crippen molar-refractivity contribution in [3.05, 3.63) is 57.9 Å². The zero-order valence-corrected chi connectivity index (χ0v) is 19.1. The van der Waals surface area contributed by atoms with Crippen LogP contribution in [0.25, 0.3) is 21.9 Å². The molecule has 1 aliphatic rings. The molecule has 32 heavy (non-hydrogen) atoms. The molecule has 2 heterocycles. The van der Waals surface area contributed by atoms with Crippen molar-refractivity contribution in [1.82, 2.24) is 14.1 Å². The van der Waals surface area contributed by atoms with E-state index < -0.39 is 0 Å². The molecule has 7 nitrogen and oxygen atoms in total. The van der Waals surface area contributed by atoms with Crippen molar-refractivity contribution in [2.45, 2.75) is 24.4 Å². The van der Waals surface area contributed by atoms with E-state index >= 15 is 0 Å². The maximum atomic E-state index is 13.1. The summed E-state index contributed by atoms with van der Waals surface area (Å²) in [6.07, 6.45) is 3.35. The highest BCUT2D eigenvalue weighted by atomic mass is 32.2. The Morgan fingerprint density at radius 2 is 1.94 bits per heavy atom. The van der Waals surface area contributed by atoms with Crippen molar-refractivity contribution in [1.29, 1.82) is 0 Å². The molecule has 0 atom stereocenters. The van der Waals surface area contributed by atoms with Crippen molar-refractivity contribution in [2.75, 3.05) is 18.2 Å². The fourth-order valence-electron chi connectivity index (χ4n) is 4.41. The van der Waals surface area contributed by atoms with Gasteiger partial charge < -0.3 is 14.6 Å². The Bertz CT molecular complexity index is 1440. The lowest BCUT2D eigenvalue weighted by molar-refractivity contribution is -0.113. The van der Waals surface area contributed by atoms with E-state index in [-0.39, 0.29) is 17.2 Å². The fraction of sp³-hybridized carbons (Fsp3) is 0.292. The summed E-state index contributed by atoms with van der Waals surface area (Å²) in [5, 5.41) is 4.32. The van der Waals surface area contributed by atoms with Crippen LogP contribution in [0.4, 0.5) is 5.69 Å². The van der Waals surface area contributed by atoms with Crippen LogP contribution in [0.1, 0.15) is 17.5 Å². The summed E-state index contributed by atoms with van der Waals surface area (Å²) in [7, 11) is 5.16. The first kappa shape index (κ1) is 20.6. The van der Waals surface area contributed by atoms with Gasteiger partial charge in [-0.25, -0.2) is 4.98 Å². The third kappa shape index (κ3) is 3.44. The largest absolute Gasteiger partial charge is 0.497 e. The third-order valence-electron chi connectivity index (χ3n) is 6.10. The van der Waals surface area contributed by atoms with Gasteiger partial charge in [-0.15, -0.1) is 0 Å². The van der Waals surface area contributed by atoms with Crippen molar-refractivity contribution >= 4 is 45.3 Å². The number of aromatic nitrogens is 3. The molecule has 2 aromatic carbocycles. The number of aryl methyl sites for hydroxylation is 3. The Kier molecular flexibility index (Phi) is 5.17. The van der Waals surface area contributed by atoms with E-state index in [0.29, 0.717) is 21.9 Å². The van der Waals surface area contributed by atoms with E-state index in [2.05, 4.69) is 17.4 Å². The molecule has 0 fully saturated rings. The van der Waals surface area contributed by atoms with Crippen LogP contribution in [-0.4, -0.2) is 32.9 Å². The normalized spacial score (nSPS) is 13.0. The topological polar surface area (TPSA) is 78.2 Å². The van der Waals surface area contributed by atoms with Gasteiger partial charge in [0.1, 0.15) is 16.8 Å². The zero-order valence-electron chi connectivity index (χ0n) is 18.3. The molecule has 1 aliphatic carbocycles. The molecule has 164 valence electrons. The summed E-state index contributed by atoms with van der Waals surface area (Å²) in [5.41, 5.74) is 5.41. The molecular formula is C24H24N4O3S. The molecule has 0 saturated carbocycles. The van der Waals surface area contributed by atoms with E-state index in [1.165, 1.54) is 33.9 Å². The van der Waals surface area contributed by atoms with E-state index in [0.717, 1.165) is 29.4 Å². The van der Waals surface area contributed by atoms with Crippen LogP contribution in [0.15, 0.2) is 46.3 Å². The fourth-order valence-corrected chi connectivity index (χ4v) is 5.18. The first-order valence-electron chi connectivity index (χ1n) is 10.5. The second-order valence-electron chi connectivity index (χ2n) is 8.07. The number of hydrogen-bond acceptors (Lipinski definition) is 5. The standard InChI is InChI=1S/C24H24N4O3S/c1-27-19-10-9-17(31-3)12-18(19)21-22(27)23(30)28(2)24(26-21)32-13-20(29)25-16-8-7-14-5-4-6-15(14)11-16/h7-12H,4-6,13H2,1-3H3,(H,25,29). The van der Waals surface area contributed by atoms with Gasteiger partial charge in [0.05, 0.1) is 18.4 Å². The number of methoxy groups -OCH3 is 1. The number of ether oxygens (including phenoxy) is 1. The lowest BCUT2D eigenvalue weighted by Gasteiger charge is -2.09. The molecule has 1 amide bonds. The summed E-state index contributed by atoms with van der Waals surface area (Å²) < 4.78 is 8.71. The number of benzene rings is 2. The minimum atomic E-state index is -0.144. The van der Waals surface area contributed by atoms with Crippen LogP contribution in [0.3, 0.4) is 0 Å². The molecule has 5 rings (SSSR count).